The predicted molar refractivity (Wildman–Crippen MR) is 98.1 cm³/mol. The first-order valence-corrected chi connectivity index (χ1v) is 9.26. The van der Waals surface area contributed by atoms with Crippen molar-refractivity contribution in [1.29, 1.82) is 0 Å². The molecular weight excluding hydrogens is 382 g/mol. The van der Waals surface area contributed by atoms with Gasteiger partial charge in [0.1, 0.15) is 11.6 Å². The summed E-state index contributed by atoms with van der Waals surface area (Å²) in [5.41, 5.74) is 1.62. The Kier molecular flexibility index (Phi) is 5.42. The third-order valence-corrected chi connectivity index (χ3v) is 5.02. The number of carbonyl (C=O) groups is 2. The number of aromatic nitrogens is 2. The Balaban J connectivity index is 1.62. The minimum Gasteiger partial charge on any atom is -0.454 e. The van der Waals surface area contributed by atoms with Crippen molar-refractivity contribution in [2.24, 2.45) is 0 Å². The maximum atomic E-state index is 12.0. The molecule has 3 aromatic rings. The number of rotatable bonds is 5. The Hall–Kier alpha value is -2.29. The van der Waals surface area contributed by atoms with Crippen LogP contribution in [0.15, 0.2) is 35.0 Å². The number of esters is 1. The number of halogens is 1. The second kappa shape index (κ2) is 7.73. The van der Waals surface area contributed by atoms with E-state index in [-0.39, 0.29) is 18.2 Å². The zero-order chi connectivity index (χ0) is 17.8. The largest absolute Gasteiger partial charge is 0.454 e. The molecular formula is C16H12ClN3O3S2. The van der Waals surface area contributed by atoms with Crippen LogP contribution in [0.5, 0.6) is 0 Å². The van der Waals surface area contributed by atoms with E-state index < -0.39 is 5.97 Å². The lowest BCUT2D eigenvalue weighted by molar-refractivity contribution is -0.114. The van der Waals surface area contributed by atoms with Crippen molar-refractivity contribution in [1.82, 2.24) is 9.97 Å². The zero-order valence-electron chi connectivity index (χ0n) is 13.0. The van der Waals surface area contributed by atoms with E-state index in [1.54, 1.807) is 6.07 Å². The molecule has 6 nitrogen and oxygen atoms in total. The van der Waals surface area contributed by atoms with E-state index in [0.717, 1.165) is 21.9 Å². The molecule has 0 bridgehead atoms. The maximum Gasteiger partial charge on any atom is 0.358 e. The molecule has 0 aliphatic heterocycles. The number of amides is 1. The highest BCUT2D eigenvalue weighted by molar-refractivity contribution is 7.14. The molecule has 0 saturated heterocycles. The summed E-state index contributed by atoms with van der Waals surface area (Å²) in [6.45, 7) is 1.41. The van der Waals surface area contributed by atoms with E-state index in [0.29, 0.717) is 15.8 Å². The number of nitrogens with zero attached hydrogens (tertiary/aromatic N) is 2. The molecule has 9 heteroatoms. The van der Waals surface area contributed by atoms with Crippen LogP contribution in [0.25, 0.3) is 10.6 Å². The summed E-state index contributed by atoms with van der Waals surface area (Å²) in [4.78, 5) is 31.4. The van der Waals surface area contributed by atoms with Crippen molar-refractivity contribution >= 4 is 51.3 Å². The van der Waals surface area contributed by atoms with E-state index in [2.05, 4.69) is 15.3 Å². The fourth-order valence-corrected chi connectivity index (χ4v) is 3.77. The molecule has 128 valence electrons. The van der Waals surface area contributed by atoms with Gasteiger partial charge in [-0.15, -0.1) is 22.7 Å². The van der Waals surface area contributed by atoms with Crippen molar-refractivity contribution in [3.63, 3.8) is 0 Å². The molecule has 0 radical (unpaired) electrons. The number of carbonyl (C=O) groups excluding carboxylic acids is 2. The second-order valence-electron chi connectivity index (χ2n) is 4.92. The molecule has 0 atom stereocenters. The number of anilines is 1. The number of thiazole rings is 2. The van der Waals surface area contributed by atoms with Gasteiger partial charge < -0.3 is 10.1 Å². The third kappa shape index (κ3) is 4.41. The normalized spacial score (nSPS) is 10.5. The molecule has 2 aromatic heterocycles. The molecule has 0 saturated carbocycles. The third-order valence-electron chi connectivity index (χ3n) is 3.00. The Bertz CT molecular complexity index is 923. The number of nitrogens with one attached hydrogen (secondary N) is 1. The number of hydrogen-bond donors (Lipinski definition) is 1. The Morgan fingerprint density at radius 1 is 1.20 bits per heavy atom. The Labute approximate surface area is 156 Å². The van der Waals surface area contributed by atoms with Gasteiger partial charge >= 0.3 is 5.97 Å². The van der Waals surface area contributed by atoms with Gasteiger partial charge in [-0.05, 0) is 6.07 Å². The van der Waals surface area contributed by atoms with Gasteiger partial charge in [0.15, 0.2) is 10.8 Å². The highest BCUT2D eigenvalue weighted by Gasteiger charge is 2.14. The first-order chi connectivity index (χ1) is 12.0. The van der Waals surface area contributed by atoms with Crippen LogP contribution in [0.1, 0.15) is 23.1 Å². The minimum absolute atomic E-state index is 0.0345. The smallest absolute Gasteiger partial charge is 0.358 e. The van der Waals surface area contributed by atoms with Crippen LogP contribution < -0.4 is 5.32 Å². The predicted octanol–water partition coefficient (Wildman–Crippen LogP) is 4.24. The van der Waals surface area contributed by atoms with Crippen LogP contribution in [0.4, 0.5) is 5.13 Å². The Morgan fingerprint density at radius 3 is 2.76 bits per heavy atom. The average molecular weight is 394 g/mol. The molecule has 1 aromatic carbocycles. The molecule has 1 N–H and O–H groups in total. The summed E-state index contributed by atoms with van der Waals surface area (Å²) in [6.07, 6.45) is 0. The topological polar surface area (TPSA) is 81.2 Å². The minimum atomic E-state index is -0.569. The molecule has 3 rings (SSSR count). The summed E-state index contributed by atoms with van der Waals surface area (Å²) >= 11 is 8.74. The molecule has 0 spiro atoms. The van der Waals surface area contributed by atoms with Crippen molar-refractivity contribution in [3.8, 4) is 10.6 Å². The van der Waals surface area contributed by atoms with E-state index in [1.807, 2.05) is 23.6 Å². The van der Waals surface area contributed by atoms with E-state index in [1.165, 1.54) is 23.6 Å². The number of benzene rings is 1. The second-order valence-corrected chi connectivity index (χ2v) is 7.04. The molecule has 0 aliphatic rings. The summed E-state index contributed by atoms with van der Waals surface area (Å²) in [6, 6.07) is 7.42. The molecule has 0 fully saturated rings. The van der Waals surface area contributed by atoms with Crippen LogP contribution in [0.2, 0.25) is 5.02 Å². The summed E-state index contributed by atoms with van der Waals surface area (Å²) < 4.78 is 5.22. The molecule has 25 heavy (non-hydrogen) atoms. The van der Waals surface area contributed by atoms with Crippen LogP contribution in [0.3, 0.4) is 0 Å². The van der Waals surface area contributed by atoms with E-state index >= 15 is 0 Å². The lowest BCUT2D eigenvalue weighted by Gasteiger charge is -2.01. The van der Waals surface area contributed by atoms with Gasteiger partial charge in [-0.1, -0.05) is 29.8 Å². The summed E-state index contributed by atoms with van der Waals surface area (Å²) in [5, 5.41) is 7.60. The van der Waals surface area contributed by atoms with Crippen LogP contribution in [-0.2, 0) is 16.1 Å². The summed E-state index contributed by atoms with van der Waals surface area (Å²) in [7, 11) is 0. The van der Waals surface area contributed by atoms with Gasteiger partial charge in [0.2, 0.25) is 5.91 Å². The van der Waals surface area contributed by atoms with Crippen molar-refractivity contribution in [2.45, 2.75) is 13.5 Å². The van der Waals surface area contributed by atoms with Gasteiger partial charge in [-0.3, -0.25) is 4.79 Å². The SMILES string of the molecule is CC(=O)Nc1nc(C(=O)OCc2csc(-c3ccccc3Cl)n2)cs1. The monoisotopic (exact) mass is 393 g/mol. The zero-order valence-corrected chi connectivity index (χ0v) is 15.4. The molecule has 0 aliphatic carbocycles. The molecule has 2 heterocycles. The van der Waals surface area contributed by atoms with Crippen molar-refractivity contribution in [3.05, 3.63) is 51.4 Å². The fraction of sp³-hybridized carbons (Fsp3) is 0.125. The maximum absolute atomic E-state index is 12.0. The quantitative estimate of drug-likeness (QED) is 0.656. The number of ether oxygens (including phenoxy) is 1. The first-order valence-electron chi connectivity index (χ1n) is 7.12. The van der Waals surface area contributed by atoms with Crippen LogP contribution in [0, 0.1) is 0 Å². The summed E-state index contributed by atoms with van der Waals surface area (Å²) in [5.74, 6) is -0.816. The fourth-order valence-electron chi connectivity index (χ4n) is 1.92. The van der Waals surface area contributed by atoms with Gasteiger partial charge in [-0.2, -0.15) is 0 Å². The molecule has 0 unspecified atom stereocenters. The van der Waals surface area contributed by atoms with Gasteiger partial charge in [0.25, 0.3) is 0 Å². The van der Waals surface area contributed by atoms with Crippen LogP contribution >= 0.6 is 34.3 Å². The highest BCUT2D eigenvalue weighted by Crippen LogP contribution is 2.30. The van der Waals surface area contributed by atoms with Gasteiger partial charge in [0, 0.05) is 23.2 Å². The Morgan fingerprint density at radius 2 is 2.00 bits per heavy atom. The van der Waals surface area contributed by atoms with Crippen molar-refractivity contribution in [2.75, 3.05) is 5.32 Å². The standard InChI is InChI=1S/C16H12ClN3O3S2/c1-9(21)18-16-20-13(8-25-16)15(22)23-6-10-7-24-14(19-10)11-4-2-3-5-12(11)17/h2-5,7-8H,6H2,1H3,(H,18,20,21). The lowest BCUT2D eigenvalue weighted by atomic mass is 10.2. The average Bonchev–Trinajstić information content (AvgIpc) is 3.22. The lowest BCUT2D eigenvalue weighted by Crippen LogP contribution is -2.08. The highest BCUT2D eigenvalue weighted by atomic mass is 35.5. The number of hydrogen-bond acceptors (Lipinski definition) is 7. The first kappa shape index (κ1) is 17.5. The van der Waals surface area contributed by atoms with Crippen LogP contribution in [-0.4, -0.2) is 21.8 Å². The van der Waals surface area contributed by atoms with E-state index in [9.17, 15) is 9.59 Å². The van der Waals surface area contributed by atoms with E-state index in [4.69, 9.17) is 16.3 Å². The van der Waals surface area contributed by atoms with Gasteiger partial charge in [0.05, 0.1) is 10.7 Å². The van der Waals surface area contributed by atoms with Crippen molar-refractivity contribution < 1.29 is 14.3 Å². The van der Waals surface area contributed by atoms with Gasteiger partial charge in [-0.25, -0.2) is 14.8 Å². The molecule has 1 amide bonds.